The lowest BCUT2D eigenvalue weighted by molar-refractivity contribution is -0.385. The molecule has 0 saturated carbocycles. The van der Waals surface area contributed by atoms with Crippen LogP contribution in [-0.4, -0.2) is 4.92 Å². The van der Waals surface area contributed by atoms with Gasteiger partial charge >= 0.3 is 0 Å². The molecule has 0 fully saturated rings. The summed E-state index contributed by atoms with van der Waals surface area (Å²) in [5, 5.41) is 10.1. The van der Waals surface area contributed by atoms with E-state index in [1.165, 1.54) is 0 Å². The van der Waals surface area contributed by atoms with E-state index in [4.69, 9.17) is 11.6 Å². The molecule has 0 radical (unpaired) electrons. The first-order valence-corrected chi connectivity index (χ1v) is 4.80. The maximum absolute atomic E-state index is 12.3. The summed E-state index contributed by atoms with van der Waals surface area (Å²) in [6.07, 6.45) is -2.73. The minimum atomic E-state index is -2.73. The summed E-state index contributed by atoms with van der Waals surface area (Å²) in [7, 11) is 0. The van der Waals surface area contributed by atoms with Gasteiger partial charge in [0.15, 0.2) is 0 Å². The number of hydrogen-bond acceptors (Lipinski definition) is 2. The van der Waals surface area contributed by atoms with Crippen LogP contribution < -0.4 is 0 Å². The molecule has 7 heteroatoms. The molecule has 14 heavy (non-hydrogen) atoms. The normalized spacial score (nSPS) is 10.6. The van der Waals surface area contributed by atoms with E-state index >= 15 is 0 Å². The van der Waals surface area contributed by atoms with E-state index in [1.807, 2.05) is 0 Å². The number of nitrogens with zero attached hydrogens (tertiary/aromatic N) is 1. The first-order valence-electron chi connectivity index (χ1n) is 3.35. The number of hydrogen-bond donors (Lipinski definition) is 0. The molecule has 0 aliphatic rings. The monoisotopic (exact) mass is 333 g/mol. The Morgan fingerprint density at radius 2 is 2.07 bits per heavy atom. The fourth-order valence-electron chi connectivity index (χ4n) is 0.859. The summed E-state index contributed by atoms with van der Waals surface area (Å²) in [6.45, 7) is 0. The fourth-order valence-corrected chi connectivity index (χ4v) is 1.79. The van der Waals surface area contributed by atoms with Gasteiger partial charge in [-0.1, -0.05) is 11.6 Å². The van der Waals surface area contributed by atoms with Gasteiger partial charge in [-0.05, 0) is 28.7 Å². The maximum Gasteiger partial charge on any atom is 0.284 e. The summed E-state index contributed by atoms with van der Waals surface area (Å²) in [5.74, 6) is 0. The molecule has 0 aliphatic carbocycles. The first-order chi connectivity index (χ1) is 6.43. The van der Waals surface area contributed by atoms with Crippen LogP contribution in [0.5, 0.6) is 0 Å². The van der Waals surface area contributed by atoms with Gasteiger partial charge < -0.3 is 0 Å². The highest BCUT2D eigenvalue weighted by atomic mass is 127. The zero-order valence-electron chi connectivity index (χ0n) is 6.51. The molecular formula is C7H3ClF2INO2. The van der Waals surface area contributed by atoms with Gasteiger partial charge in [0, 0.05) is 11.6 Å². The van der Waals surface area contributed by atoms with Crippen LogP contribution in [0, 0.1) is 13.7 Å². The lowest BCUT2D eigenvalue weighted by Gasteiger charge is -2.03. The van der Waals surface area contributed by atoms with Crippen LogP contribution in [0.3, 0.4) is 0 Å². The van der Waals surface area contributed by atoms with E-state index in [-0.39, 0.29) is 19.8 Å². The lowest BCUT2D eigenvalue weighted by Crippen LogP contribution is -1.95. The quantitative estimate of drug-likeness (QED) is 0.469. The summed E-state index contributed by atoms with van der Waals surface area (Å²) in [4.78, 5) is 9.75. The zero-order valence-corrected chi connectivity index (χ0v) is 9.42. The Labute approximate surface area is 96.3 Å². The molecule has 0 unspecified atom stereocenters. The van der Waals surface area contributed by atoms with Crippen molar-refractivity contribution in [3.63, 3.8) is 0 Å². The third-order valence-electron chi connectivity index (χ3n) is 1.50. The SMILES string of the molecule is O=[N+]([O-])c1cc(Cl)c(C(F)F)cc1I. The average Bonchev–Trinajstić information content (AvgIpc) is 2.07. The van der Waals surface area contributed by atoms with Crippen LogP contribution in [0.1, 0.15) is 12.0 Å². The van der Waals surface area contributed by atoms with E-state index in [1.54, 1.807) is 22.6 Å². The maximum atomic E-state index is 12.3. The molecule has 0 amide bonds. The Balaban J connectivity index is 3.31. The standard InChI is InChI=1S/C7H3ClF2INO2/c8-4-2-6(12(13)14)5(11)1-3(4)7(9)10/h1-2,7H. The molecule has 0 aliphatic heterocycles. The molecule has 1 rings (SSSR count). The number of nitro groups is 1. The highest BCUT2D eigenvalue weighted by molar-refractivity contribution is 14.1. The number of alkyl halides is 2. The molecule has 0 heterocycles. The summed E-state index contributed by atoms with van der Waals surface area (Å²) >= 11 is 7.07. The minimum absolute atomic E-state index is 0.146. The molecule has 76 valence electrons. The van der Waals surface area contributed by atoms with Crippen molar-refractivity contribution in [3.05, 3.63) is 36.4 Å². The molecule has 0 N–H and O–H groups in total. The van der Waals surface area contributed by atoms with Crippen LogP contribution in [0.15, 0.2) is 12.1 Å². The van der Waals surface area contributed by atoms with Crippen LogP contribution in [0.25, 0.3) is 0 Å². The zero-order chi connectivity index (χ0) is 10.9. The molecule has 0 aromatic heterocycles. The lowest BCUT2D eigenvalue weighted by atomic mass is 10.2. The van der Waals surface area contributed by atoms with Gasteiger partial charge in [-0.2, -0.15) is 0 Å². The predicted octanol–water partition coefficient (Wildman–Crippen LogP) is 3.79. The molecule has 0 bridgehead atoms. The van der Waals surface area contributed by atoms with Crippen molar-refractivity contribution < 1.29 is 13.7 Å². The van der Waals surface area contributed by atoms with Crippen molar-refractivity contribution in [2.75, 3.05) is 0 Å². The van der Waals surface area contributed by atoms with Gasteiger partial charge in [-0.25, -0.2) is 8.78 Å². The number of rotatable bonds is 2. The fraction of sp³-hybridized carbons (Fsp3) is 0.143. The van der Waals surface area contributed by atoms with Crippen molar-refractivity contribution in [1.29, 1.82) is 0 Å². The number of halogens is 4. The Morgan fingerprint density at radius 1 is 1.50 bits per heavy atom. The smallest absolute Gasteiger partial charge is 0.258 e. The third-order valence-corrected chi connectivity index (χ3v) is 2.69. The van der Waals surface area contributed by atoms with Gasteiger partial charge in [0.05, 0.1) is 13.5 Å². The second-order valence-electron chi connectivity index (χ2n) is 2.38. The summed E-state index contributed by atoms with van der Waals surface area (Å²) < 4.78 is 24.7. The summed E-state index contributed by atoms with van der Waals surface area (Å²) in [5.41, 5.74) is -0.651. The van der Waals surface area contributed by atoms with Gasteiger partial charge in [0.1, 0.15) is 0 Å². The van der Waals surface area contributed by atoms with Gasteiger partial charge in [-0.15, -0.1) is 0 Å². The molecule has 0 saturated heterocycles. The Hall–Kier alpha value is -0.500. The number of nitro benzene ring substituents is 1. The topological polar surface area (TPSA) is 43.1 Å². The molecule has 1 aromatic rings. The second kappa shape index (κ2) is 4.35. The van der Waals surface area contributed by atoms with Crippen molar-refractivity contribution in [3.8, 4) is 0 Å². The minimum Gasteiger partial charge on any atom is -0.258 e. The van der Waals surface area contributed by atoms with Crippen molar-refractivity contribution in [1.82, 2.24) is 0 Å². The second-order valence-corrected chi connectivity index (χ2v) is 3.95. The van der Waals surface area contributed by atoms with Crippen molar-refractivity contribution in [2.24, 2.45) is 0 Å². The highest BCUT2D eigenvalue weighted by Gasteiger charge is 2.19. The van der Waals surface area contributed by atoms with E-state index in [0.29, 0.717) is 0 Å². The largest absolute Gasteiger partial charge is 0.284 e. The van der Waals surface area contributed by atoms with Crippen LogP contribution in [0.4, 0.5) is 14.5 Å². The molecule has 1 aromatic carbocycles. The van der Waals surface area contributed by atoms with E-state index in [9.17, 15) is 18.9 Å². The van der Waals surface area contributed by atoms with E-state index in [0.717, 1.165) is 12.1 Å². The van der Waals surface area contributed by atoms with Crippen LogP contribution >= 0.6 is 34.2 Å². The molecule has 3 nitrogen and oxygen atoms in total. The van der Waals surface area contributed by atoms with Gasteiger partial charge in [-0.3, -0.25) is 10.1 Å². The van der Waals surface area contributed by atoms with E-state index in [2.05, 4.69) is 0 Å². The van der Waals surface area contributed by atoms with Crippen molar-refractivity contribution >= 4 is 39.9 Å². The van der Waals surface area contributed by atoms with Gasteiger partial charge in [0.25, 0.3) is 12.1 Å². The molecule has 0 atom stereocenters. The van der Waals surface area contributed by atoms with E-state index < -0.39 is 11.3 Å². The Kier molecular flexibility index (Phi) is 3.59. The molecular weight excluding hydrogens is 330 g/mol. The first kappa shape index (κ1) is 11.6. The highest BCUT2D eigenvalue weighted by Crippen LogP contribution is 2.33. The molecule has 0 spiro atoms. The van der Waals surface area contributed by atoms with Crippen LogP contribution in [-0.2, 0) is 0 Å². The van der Waals surface area contributed by atoms with Crippen LogP contribution in [0.2, 0.25) is 5.02 Å². The third kappa shape index (κ3) is 2.30. The van der Waals surface area contributed by atoms with Crippen molar-refractivity contribution in [2.45, 2.75) is 6.43 Å². The average molecular weight is 333 g/mol. The number of benzene rings is 1. The Morgan fingerprint density at radius 3 is 2.50 bits per heavy atom. The summed E-state index contributed by atoms with van der Waals surface area (Å²) in [6, 6.07) is 1.95. The Bertz CT molecular complexity index is 386. The van der Waals surface area contributed by atoms with Gasteiger partial charge in [0.2, 0.25) is 0 Å². The predicted molar refractivity (Wildman–Crippen MR) is 55.8 cm³/mol.